The number of benzene rings is 1. The van der Waals surface area contributed by atoms with Crippen molar-refractivity contribution in [2.24, 2.45) is 0 Å². The molecule has 0 aliphatic heterocycles. The summed E-state index contributed by atoms with van der Waals surface area (Å²) in [6.07, 6.45) is 3.06. The average molecular weight is 352 g/mol. The molecule has 9 nitrogen and oxygen atoms in total. The lowest BCUT2D eigenvalue weighted by atomic mass is 10.1. The van der Waals surface area contributed by atoms with E-state index in [0.717, 1.165) is 6.07 Å². The molecular formula is C17H12N4O5. The lowest BCUT2D eigenvalue weighted by molar-refractivity contribution is -0.402. The average Bonchev–Trinajstić information content (AvgIpc) is 3.13. The Labute approximate surface area is 146 Å². The number of para-hydroxylation sites is 1. The molecule has 0 saturated heterocycles. The predicted molar refractivity (Wildman–Crippen MR) is 91.9 cm³/mol. The number of nitrogens with zero attached hydrogens (tertiary/aromatic N) is 2. The van der Waals surface area contributed by atoms with Crippen molar-refractivity contribution in [3.63, 3.8) is 0 Å². The summed E-state index contributed by atoms with van der Waals surface area (Å²) < 4.78 is 4.86. The minimum Gasteiger partial charge on any atom is -0.395 e. The molecule has 2 amide bonds. The maximum Gasteiger partial charge on any atom is 0.433 e. The van der Waals surface area contributed by atoms with Gasteiger partial charge in [-0.05, 0) is 30.3 Å². The van der Waals surface area contributed by atoms with E-state index < -0.39 is 22.6 Å². The molecule has 0 saturated carbocycles. The molecule has 3 aromatic rings. The van der Waals surface area contributed by atoms with Crippen molar-refractivity contribution >= 4 is 29.1 Å². The number of nitrogens with one attached hydrogen (secondary N) is 2. The van der Waals surface area contributed by atoms with Crippen LogP contribution in [-0.2, 0) is 0 Å². The summed E-state index contributed by atoms with van der Waals surface area (Å²) in [5.41, 5.74) is 0.948. The summed E-state index contributed by atoms with van der Waals surface area (Å²) >= 11 is 0. The van der Waals surface area contributed by atoms with Crippen LogP contribution >= 0.6 is 0 Å². The summed E-state index contributed by atoms with van der Waals surface area (Å²) in [4.78, 5) is 38.5. The fourth-order valence-corrected chi connectivity index (χ4v) is 2.16. The van der Waals surface area contributed by atoms with Crippen molar-refractivity contribution in [2.75, 3.05) is 10.6 Å². The third kappa shape index (κ3) is 3.73. The second kappa shape index (κ2) is 7.26. The number of hydrogen-bond donors (Lipinski definition) is 2. The van der Waals surface area contributed by atoms with Gasteiger partial charge < -0.3 is 15.1 Å². The monoisotopic (exact) mass is 352 g/mol. The fourth-order valence-electron chi connectivity index (χ4n) is 2.16. The normalized spacial score (nSPS) is 10.2. The highest BCUT2D eigenvalue weighted by atomic mass is 16.6. The largest absolute Gasteiger partial charge is 0.433 e. The Morgan fingerprint density at radius 3 is 2.50 bits per heavy atom. The van der Waals surface area contributed by atoms with Gasteiger partial charge in [-0.15, -0.1) is 0 Å². The molecule has 0 atom stereocenters. The number of carbonyl (C=O) groups is 2. The second-order valence-electron chi connectivity index (χ2n) is 5.09. The predicted octanol–water partition coefficient (Wildman–Crippen LogP) is 3.09. The SMILES string of the molecule is O=C(Nc1ccccc1C(=O)Nc1cccnc1)c1ccc([N+](=O)[O-])o1. The van der Waals surface area contributed by atoms with Gasteiger partial charge in [0.1, 0.15) is 4.92 Å². The number of aromatic nitrogens is 1. The third-order valence-corrected chi connectivity index (χ3v) is 3.33. The molecule has 3 rings (SSSR count). The quantitative estimate of drug-likeness (QED) is 0.536. The molecule has 2 heterocycles. The van der Waals surface area contributed by atoms with E-state index in [1.54, 1.807) is 30.5 Å². The van der Waals surface area contributed by atoms with E-state index in [1.165, 1.54) is 24.4 Å². The number of anilines is 2. The third-order valence-electron chi connectivity index (χ3n) is 3.33. The maximum absolute atomic E-state index is 12.4. The molecule has 0 bridgehead atoms. The standard InChI is InChI=1S/C17H12N4O5/c22-16(19-11-4-3-9-18-10-11)12-5-1-2-6-13(12)20-17(23)14-7-8-15(26-14)21(24)25/h1-10H,(H,19,22)(H,20,23). The van der Waals surface area contributed by atoms with Crippen LogP contribution in [-0.4, -0.2) is 21.7 Å². The Hall–Kier alpha value is -4.01. The van der Waals surface area contributed by atoms with E-state index in [1.807, 2.05) is 0 Å². The van der Waals surface area contributed by atoms with Crippen molar-refractivity contribution in [1.29, 1.82) is 0 Å². The molecular weight excluding hydrogens is 340 g/mol. The lowest BCUT2D eigenvalue weighted by Crippen LogP contribution is -2.18. The van der Waals surface area contributed by atoms with Crippen LogP contribution in [0.3, 0.4) is 0 Å². The molecule has 130 valence electrons. The molecule has 0 aliphatic rings. The highest BCUT2D eigenvalue weighted by molar-refractivity contribution is 6.11. The number of furan rings is 1. The van der Waals surface area contributed by atoms with E-state index >= 15 is 0 Å². The van der Waals surface area contributed by atoms with Crippen LogP contribution in [0.5, 0.6) is 0 Å². The van der Waals surface area contributed by atoms with Crippen LogP contribution in [0.2, 0.25) is 0 Å². The second-order valence-corrected chi connectivity index (χ2v) is 5.09. The van der Waals surface area contributed by atoms with E-state index in [-0.39, 0.29) is 17.0 Å². The van der Waals surface area contributed by atoms with E-state index in [4.69, 9.17) is 4.42 Å². The molecule has 0 spiro atoms. The maximum atomic E-state index is 12.4. The van der Waals surface area contributed by atoms with Gasteiger partial charge in [0.2, 0.25) is 0 Å². The molecule has 0 unspecified atom stereocenters. The van der Waals surface area contributed by atoms with Crippen molar-refractivity contribution < 1.29 is 18.9 Å². The zero-order valence-corrected chi connectivity index (χ0v) is 13.2. The Morgan fingerprint density at radius 1 is 1.00 bits per heavy atom. The van der Waals surface area contributed by atoms with Gasteiger partial charge in [0.25, 0.3) is 11.8 Å². The van der Waals surface area contributed by atoms with Gasteiger partial charge in [-0.1, -0.05) is 12.1 Å². The van der Waals surface area contributed by atoms with E-state index in [0.29, 0.717) is 5.69 Å². The molecule has 9 heteroatoms. The first-order valence-corrected chi connectivity index (χ1v) is 7.40. The van der Waals surface area contributed by atoms with Crippen molar-refractivity contribution in [3.8, 4) is 0 Å². The fraction of sp³-hybridized carbons (Fsp3) is 0. The van der Waals surface area contributed by atoms with Gasteiger partial charge >= 0.3 is 5.88 Å². The smallest absolute Gasteiger partial charge is 0.395 e. The van der Waals surface area contributed by atoms with Crippen LogP contribution in [0, 0.1) is 10.1 Å². The number of amides is 2. The molecule has 1 aromatic carbocycles. The number of nitro groups is 1. The number of rotatable bonds is 5. The molecule has 2 N–H and O–H groups in total. The van der Waals surface area contributed by atoms with Gasteiger partial charge in [0.15, 0.2) is 5.76 Å². The summed E-state index contributed by atoms with van der Waals surface area (Å²) in [6.45, 7) is 0. The molecule has 2 aromatic heterocycles. The van der Waals surface area contributed by atoms with Crippen LogP contribution in [0.15, 0.2) is 65.3 Å². The zero-order chi connectivity index (χ0) is 18.5. The first kappa shape index (κ1) is 16.8. The van der Waals surface area contributed by atoms with Gasteiger partial charge in [-0.25, -0.2) is 0 Å². The highest BCUT2D eigenvalue weighted by Gasteiger charge is 2.19. The first-order chi connectivity index (χ1) is 12.5. The highest BCUT2D eigenvalue weighted by Crippen LogP contribution is 2.20. The van der Waals surface area contributed by atoms with Gasteiger partial charge in [0, 0.05) is 6.20 Å². The summed E-state index contributed by atoms with van der Waals surface area (Å²) in [5, 5.41) is 15.8. The van der Waals surface area contributed by atoms with Crippen LogP contribution in [0.25, 0.3) is 0 Å². The van der Waals surface area contributed by atoms with Gasteiger partial charge in [0.05, 0.1) is 29.2 Å². The topological polar surface area (TPSA) is 127 Å². The minimum absolute atomic E-state index is 0.214. The molecule has 0 fully saturated rings. The van der Waals surface area contributed by atoms with E-state index in [9.17, 15) is 19.7 Å². The number of hydrogen-bond acceptors (Lipinski definition) is 6. The Morgan fingerprint density at radius 2 is 1.81 bits per heavy atom. The Kier molecular flexibility index (Phi) is 4.70. The first-order valence-electron chi connectivity index (χ1n) is 7.40. The van der Waals surface area contributed by atoms with Crippen LogP contribution in [0.4, 0.5) is 17.3 Å². The minimum atomic E-state index is -0.744. The van der Waals surface area contributed by atoms with Crippen molar-refractivity contribution in [2.45, 2.75) is 0 Å². The van der Waals surface area contributed by atoms with Crippen molar-refractivity contribution in [1.82, 2.24) is 4.98 Å². The Balaban J connectivity index is 1.79. The molecule has 0 radical (unpaired) electrons. The zero-order valence-electron chi connectivity index (χ0n) is 13.2. The number of pyridine rings is 1. The lowest BCUT2D eigenvalue weighted by Gasteiger charge is -2.10. The van der Waals surface area contributed by atoms with Crippen LogP contribution < -0.4 is 10.6 Å². The summed E-state index contributed by atoms with van der Waals surface area (Å²) in [5.74, 6) is -1.93. The van der Waals surface area contributed by atoms with Crippen LogP contribution in [0.1, 0.15) is 20.9 Å². The Bertz CT molecular complexity index is 968. The van der Waals surface area contributed by atoms with E-state index in [2.05, 4.69) is 15.6 Å². The molecule has 0 aliphatic carbocycles. The number of carbonyl (C=O) groups excluding carboxylic acids is 2. The molecule has 26 heavy (non-hydrogen) atoms. The van der Waals surface area contributed by atoms with Gasteiger partial charge in [-0.3, -0.25) is 24.7 Å². The van der Waals surface area contributed by atoms with Crippen molar-refractivity contribution in [3.05, 3.63) is 82.4 Å². The summed E-state index contributed by atoms with van der Waals surface area (Å²) in [7, 11) is 0. The summed E-state index contributed by atoms with van der Waals surface area (Å²) in [6, 6.07) is 12.0. The van der Waals surface area contributed by atoms with Gasteiger partial charge in [-0.2, -0.15) is 0 Å².